The molecule has 0 saturated heterocycles. The van der Waals surface area contributed by atoms with E-state index in [0.717, 1.165) is 12.2 Å². The number of nitrogens with two attached hydrogens (primary N) is 1. The van der Waals surface area contributed by atoms with Gasteiger partial charge in [0.15, 0.2) is 0 Å². The number of rotatable bonds is 4. The van der Waals surface area contributed by atoms with Crippen LogP contribution in [0.1, 0.15) is 6.92 Å². The van der Waals surface area contributed by atoms with Gasteiger partial charge in [0.2, 0.25) is 0 Å². The minimum absolute atomic E-state index is 0.188. The average molecular weight is 181 g/mol. The number of aliphatic hydroxyl groups excluding tert-OH is 1. The lowest BCUT2D eigenvalue weighted by Gasteiger charge is -2.10. The number of pyridine rings is 1. The maximum atomic E-state index is 8.79. The van der Waals surface area contributed by atoms with Crippen LogP contribution in [0.2, 0.25) is 0 Å². The maximum absolute atomic E-state index is 8.79. The molecule has 0 amide bonds. The number of hydrogen-bond acceptors (Lipinski definition) is 4. The minimum Gasteiger partial charge on any atom is -0.396 e. The second-order valence-corrected chi connectivity index (χ2v) is 3.14. The molecule has 0 radical (unpaired) electrons. The van der Waals surface area contributed by atoms with Crippen molar-refractivity contribution < 1.29 is 5.11 Å². The summed E-state index contributed by atoms with van der Waals surface area (Å²) in [5.41, 5.74) is 6.43. The smallest absolute Gasteiger partial charge is 0.125 e. The van der Waals surface area contributed by atoms with Crippen LogP contribution in [0.3, 0.4) is 0 Å². The number of nitrogen functional groups attached to an aromatic ring is 1. The fourth-order valence-corrected chi connectivity index (χ4v) is 0.915. The van der Waals surface area contributed by atoms with Gasteiger partial charge in [-0.2, -0.15) is 0 Å². The van der Waals surface area contributed by atoms with Crippen molar-refractivity contribution in [1.29, 1.82) is 0 Å². The predicted molar refractivity (Wildman–Crippen MR) is 53.4 cm³/mol. The Morgan fingerprint density at radius 3 is 3.08 bits per heavy atom. The molecule has 0 spiro atoms. The third-order valence-corrected chi connectivity index (χ3v) is 1.75. The first kappa shape index (κ1) is 9.80. The molecule has 4 nitrogen and oxygen atoms in total. The number of aromatic nitrogens is 1. The summed E-state index contributed by atoms with van der Waals surface area (Å²) in [6.45, 7) is 2.89. The zero-order valence-corrected chi connectivity index (χ0v) is 7.70. The molecule has 1 aromatic heterocycles. The van der Waals surface area contributed by atoms with Crippen molar-refractivity contribution in [3.8, 4) is 0 Å². The topological polar surface area (TPSA) is 71.2 Å². The Bertz CT molecular complexity index is 265. The van der Waals surface area contributed by atoms with Gasteiger partial charge in [-0.3, -0.25) is 0 Å². The molecule has 0 aliphatic rings. The first-order valence-electron chi connectivity index (χ1n) is 4.28. The molecule has 0 aliphatic heterocycles. The van der Waals surface area contributed by atoms with Crippen molar-refractivity contribution in [1.82, 2.24) is 4.98 Å². The van der Waals surface area contributed by atoms with E-state index in [9.17, 15) is 0 Å². The summed E-state index contributed by atoms with van der Waals surface area (Å²) < 4.78 is 0. The van der Waals surface area contributed by atoms with Crippen molar-refractivity contribution in [3.63, 3.8) is 0 Å². The molecule has 0 saturated carbocycles. The normalized spacial score (nSPS) is 12.5. The third kappa shape index (κ3) is 3.29. The third-order valence-electron chi connectivity index (χ3n) is 1.75. The van der Waals surface area contributed by atoms with Crippen LogP contribution in [0.5, 0.6) is 0 Å². The summed E-state index contributed by atoms with van der Waals surface area (Å²) in [6.07, 6.45) is 1.65. The van der Waals surface area contributed by atoms with Crippen LogP contribution in [0, 0.1) is 5.92 Å². The molecule has 0 aliphatic carbocycles. The molecule has 1 rings (SSSR count). The van der Waals surface area contributed by atoms with Crippen molar-refractivity contribution >= 4 is 11.5 Å². The summed E-state index contributed by atoms with van der Waals surface area (Å²) >= 11 is 0. The highest BCUT2D eigenvalue weighted by Crippen LogP contribution is 2.09. The van der Waals surface area contributed by atoms with E-state index in [4.69, 9.17) is 10.8 Å². The molecule has 0 fully saturated rings. The highest BCUT2D eigenvalue weighted by Gasteiger charge is 1.99. The van der Waals surface area contributed by atoms with Gasteiger partial charge in [-0.1, -0.05) is 6.92 Å². The molecule has 1 aromatic rings. The van der Waals surface area contributed by atoms with Crippen LogP contribution in [-0.4, -0.2) is 23.2 Å². The van der Waals surface area contributed by atoms with Crippen molar-refractivity contribution in [3.05, 3.63) is 18.3 Å². The van der Waals surface area contributed by atoms with Crippen molar-refractivity contribution in [2.24, 2.45) is 5.92 Å². The van der Waals surface area contributed by atoms with E-state index in [1.165, 1.54) is 0 Å². The molecular formula is C9H15N3O. The minimum atomic E-state index is 0.188. The van der Waals surface area contributed by atoms with E-state index in [-0.39, 0.29) is 12.5 Å². The number of aliphatic hydroxyl groups is 1. The van der Waals surface area contributed by atoms with Crippen LogP contribution >= 0.6 is 0 Å². The van der Waals surface area contributed by atoms with Crippen LogP contribution in [0.25, 0.3) is 0 Å². The Balaban J connectivity index is 2.45. The number of anilines is 2. The van der Waals surface area contributed by atoms with E-state index in [1.54, 1.807) is 12.3 Å². The van der Waals surface area contributed by atoms with Gasteiger partial charge in [0.25, 0.3) is 0 Å². The average Bonchev–Trinajstić information content (AvgIpc) is 2.14. The first-order chi connectivity index (χ1) is 6.22. The van der Waals surface area contributed by atoms with E-state index < -0.39 is 0 Å². The van der Waals surface area contributed by atoms with Gasteiger partial charge in [0.1, 0.15) is 5.82 Å². The Kier molecular flexibility index (Phi) is 3.52. The lowest BCUT2D eigenvalue weighted by atomic mass is 10.2. The molecule has 13 heavy (non-hydrogen) atoms. The zero-order chi connectivity index (χ0) is 9.68. The Hall–Kier alpha value is -1.29. The summed E-state index contributed by atoms with van der Waals surface area (Å²) in [5, 5.41) is 11.9. The SMILES string of the molecule is CC(CO)CNc1ccnc(N)c1. The molecule has 72 valence electrons. The first-order valence-corrected chi connectivity index (χ1v) is 4.28. The quantitative estimate of drug-likeness (QED) is 0.639. The highest BCUT2D eigenvalue weighted by atomic mass is 16.3. The maximum Gasteiger partial charge on any atom is 0.125 e. The molecular weight excluding hydrogens is 166 g/mol. The second-order valence-electron chi connectivity index (χ2n) is 3.14. The van der Waals surface area contributed by atoms with Gasteiger partial charge in [-0.05, 0) is 12.0 Å². The number of nitrogens with zero attached hydrogens (tertiary/aromatic N) is 1. The molecule has 1 heterocycles. The predicted octanol–water partition coefficient (Wildman–Crippen LogP) is 0.704. The second kappa shape index (κ2) is 4.67. The van der Waals surface area contributed by atoms with Gasteiger partial charge in [0, 0.05) is 31.1 Å². The van der Waals surface area contributed by atoms with Crippen LogP contribution < -0.4 is 11.1 Å². The zero-order valence-electron chi connectivity index (χ0n) is 7.70. The van der Waals surface area contributed by atoms with Gasteiger partial charge in [-0.25, -0.2) is 4.98 Å². The Morgan fingerprint density at radius 1 is 1.69 bits per heavy atom. The molecule has 1 unspecified atom stereocenters. The summed E-state index contributed by atoms with van der Waals surface area (Å²) in [4.78, 5) is 3.88. The van der Waals surface area contributed by atoms with E-state index in [0.29, 0.717) is 5.82 Å². The monoisotopic (exact) mass is 181 g/mol. The van der Waals surface area contributed by atoms with Crippen LogP contribution in [-0.2, 0) is 0 Å². The number of hydrogen-bond donors (Lipinski definition) is 3. The molecule has 4 N–H and O–H groups in total. The summed E-state index contributed by atoms with van der Waals surface area (Å²) in [7, 11) is 0. The highest BCUT2D eigenvalue weighted by molar-refractivity contribution is 5.49. The van der Waals surface area contributed by atoms with Gasteiger partial charge >= 0.3 is 0 Å². The Morgan fingerprint density at radius 2 is 2.46 bits per heavy atom. The van der Waals surface area contributed by atoms with Gasteiger partial charge in [-0.15, -0.1) is 0 Å². The van der Waals surface area contributed by atoms with Crippen molar-refractivity contribution in [2.75, 3.05) is 24.2 Å². The fraction of sp³-hybridized carbons (Fsp3) is 0.444. The Labute approximate surface area is 77.8 Å². The largest absolute Gasteiger partial charge is 0.396 e. The fourth-order valence-electron chi connectivity index (χ4n) is 0.915. The van der Waals surface area contributed by atoms with Crippen LogP contribution in [0.15, 0.2) is 18.3 Å². The summed E-state index contributed by atoms with van der Waals surface area (Å²) in [5.74, 6) is 0.746. The van der Waals surface area contributed by atoms with Crippen molar-refractivity contribution in [2.45, 2.75) is 6.92 Å². The number of nitrogens with one attached hydrogen (secondary N) is 1. The molecule has 0 bridgehead atoms. The lowest BCUT2D eigenvalue weighted by Crippen LogP contribution is -2.14. The molecule has 1 atom stereocenters. The summed E-state index contributed by atoms with van der Waals surface area (Å²) in [6, 6.07) is 3.62. The van der Waals surface area contributed by atoms with E-state index in [1.807, 2.05) is 13.0 Å². The lowest BCUT2D eigenvalue weighted by molar-refractivity contribution is 0.244. The van der Waals surface area contributed by atoms with E-state index >= 15 is 0 Å². The molecule has 0 aromatic carbocycles. The van der Waals surface area contributed by atoms with Crippen LogP contribution in [0.4, 0.5) is 11.5 Å². The van der Waals surface area contributed by atoms with E-state index in [2.05, 4.69) is 10.3 Å². The molecule has 4 heteroatoms. The van der Waals surface area contributed by atoms with Gasteiger partial charge < -0.3 is 16.2 Å². The standard InChI is InChI=1S/C9H15N3O/c1-7(6-13)5-12-8-2-3-11-9(10)4-8/h2-4,7,13H,5-6H2,1H3,(H3,10,11,12). The van der Waals surface area contributed by atoms with Gasteiger partial charge in [0.05, 0.1) is 0 Å².